The maximum atomic E-state index is 13.1. The van der Waals surface area contributed by atoms with E-state index in [2.05, 4.69) is 39.4 Å². The molecule has 6 nitrogen and oxygen atoms in total. The molecule has 4 aromatic rings. The summed E-state index contributed by atoms with van der Waals surface area (Å²) in [6.07, 6.45) is 3.47. The molecular weight excluding hydrogens is 406 g/mol. The molecule has 156 valence electrons. The molecule has 0 bridgehead atoms. The van der Waals surface area contributed by atoms with Crippen LogP contribution in [0.5, 0.6) is 0 Å². The van der Waals surface area contributed by atoms with Gasteiger partial charge in [0.1, 0.15) is 0 Å². The topological polar surface area (TPSA) is 63.9 Å². The maximum Gasteiger partial charge on any atom is 0.233 e. The minimum Gasteiger partial charge on any atom is -0.334 e. The fraction of sp³-hybridized carbons (Fsp3) is 0.167. The molecule has 0 aliphatic rings. The number of hydrogen-bond acceptors (Lipinski definition) is 5. The Morgan fingerprint density at radius 2 is 1.61 bits per heavy atom. The molecule has 4 rings (SSSR count). The normalized spacial score (nSPS) is 10.9. The highest BCUT2D eigenvalue weighted by Crippen LogP contribution is 2.29. The van der Waals surface area contributed by atoms with Crippen molar-refractivity contribution in [2.75, 3.05) is 12.8 Å². The van der Waals surface area contributed by atoms with E-state index in [-0.39, 0.29) is 17.7 Å². The van der Waals surface area contributed by atoms with Gasteiger partial charge in [-0.2, -0.15) is 0 Å². The van der Waals surface area contributed by atoms with Gasteiger partial charge in [-0.05, 0) is 23.3 Å². The van der Waals surface area contributed by atoms with E-state index in [1.165, 1.54) is 11.8 Å². The lowest BCUT2D eigenvalue weighted by atomic mass is 9.97. The lowest BCUT2D eigenvalue weighted by molar-refractivity contribution is -0.128. The lowest BCUT2D eigenvalue weighted by Crippen LogP contribution is -2.33. The van der Waals surface area contributed by atoms with Crippen LogP contribution in [-0.2, 0) is 11.8 Å². The Kier molecular flexibility index (Phi) is 6.43. The van der Waals surface area contributed by atoms with Crippen LogP contribution in [0.3, 0.4) is 0 Å². The maximum absolute atomic E-state index is 13.1. The SMILES string of the molecule is CN(C(=O)CSc1nnc(-c2cccnc2)n1C)C(c1ccccc1)c1ccccc1. The summed E-state index contributed by atoms with van der Waals surface area (Å²) >= 11 is 1.38. The Labute approximate surface area is 186 Å². The molecule has 2 heterocycles. The first-order valence-corrected chi connectivity index (χ1v) is 10.9. The Bertz CT molecular complexity index is 1090. The van der Waals surface area contributed by atoms with Crippen LogP contribution in [0, 0.1) is 0 Å². The molecule has 0 saturated heterocycles. The molecule has 2 aromatic heterocycles. The highest BCUT2D eigenvalue weighted by molar-refractivity contribution is 7.99. The molecule has 0 unspecified atom stereocenters. The van der Waals surface area contributed by atoms with Gasteiger partial charge in [0.15, 0.2) is 11.0 Å². The van der Waals surface area contributed by atoms with Gasteiger partial charge in [-0.15, -0.1) is 10.2 Å². The Balaban J connectivity index is 1.51. The van der Waals surface area contributed by atoms with Crippen molar-refractivity contribution < 1.29 is 4.79 Å². The predicted octanol–water partition coefficient (Wildman–Crippen LogP) is 4.22. The number of carbonyl (C=O) groups is 1. The zero-order valence-electron chi connectivity index (χ0n) is 17.4. The average Bonchev–Trinajstić information content (AvgIpc) is 3.19. The Morgan fingerprint density at radius 1 is 0.968 bits per heavy atom. The number of benzene rings is 2. The number of amides is 1. The fourth-order valence-corrected chi connectivity index (χ4v) is 4.30. The van der Waals surface area contributed by atoms with E-state index in [9.17, 15) is 4.79 Å². The summed E-state index contributed by atoms with van der Waals surface area (Å²) in [6, 6.07) is 23.8. The number of rotatable bonds is 7. The highest BCUT2D eigenvalue weighted by atomic mass is 32.2. The molecular formula is C24H23N5OS. The largest absolute Gasteiger partial charge is 0.334 e. The van der Waals surface area contributed by atoms with Crippen LogP contribution >= 0.6 is 11.8 Å². The third-order valence-electron chi connectivity index (χ3n) is 5.09. The van der Waals surface area contributed by atoms with E-state index in [0.29, 0.717) is 5.16 Å². The summed E-state index contributed by atoms with van der Waals surface area (Å²) < 4.78 is 1.89. The van der Waals surface area contributed by atoms with Crippen molar-refractivity contribution in [2.24, 2.45) is 7.05 Å². The van der Waals surface area contributed by atoms with Crippen LogP contribution in [0.25, 0.3) is 11.4 Å². The minimum atomic E-state index is -0.152. The van der Waals surface area contributed by atoms with Gasteiger partial charge in [0.2, 0.25) is 5.91 Å². The third kappa shape index (κ3) is 4.67. The zero-order chi connectivity index (χ0) is 21.6. The highest BCUT2D eigenvalue weighted by Gasteiger charge is 2.24. The third-order valence-corrected chi connectivity index (χ3v) is 6.10. The number of pyridine rings is 1. The van der Waals surface area contributed by atoms with Crippen LogP contribution in [0.4, 0.5) is 0 Å². The number of aromatic nitrogens is 4. The first kappa shape index (κ1) is 20.8. The van der Waals surface area contributed by atoms with E-state index in [0.717, 1.165) is 22.5 Å². The van der Waals surface area contributed by atoms with Gasteiger partial charge in [0.05, 0.1) is 11.8 Å². The molecule has 0 aliphatic heterocycles. The summed E-state index contributed by atoms with van der Waals surface area (Å²) in [7, 11) is 3.75. The number of thioether (sulfide) groups is 1. The van der Waals surface area contributed by atoms with Gasteiger partial charge in [-0.1, -0.05) is 72.4 Å². The summed E-state index contributed by atoms with van der Waals surface area (Å²) in [5, 5.41) is 9.22. The van der Waals surface area contributed by atoms with Crippen LogP contribution in [0.2, 0.25) is 0 Å². The van der Waals surface area contributed by atoms with Gasteiger partial charge < -0.3 is 9.47 Å². The van der Waals surface area contributed by atoms with E-state index in [1.54, 1.807) is 17.3 Å². The van der Waals surface area contributed by atoms with Gasteiger partial charge in [-0.25, -0.2) is 0 Å². The Hall–Kier alpha value is -3.45. The molecule has 0 atom stereocenters. The molecule has 0 radical (unpaired) electrons. The lowest BCUT2D eigenvalue weighted by Gasteiger charge is -2.29. The molecule has 1 amide bonds. The van der Waals surface area contributed by atoms with Crippen molar-refractivity contribution in [1.82, 2.24) is 24.6 Å². The van der Waals surface area contributed by atoms with Crippen LogP contribution < -0.4 is 0 Å². The second-order valence-electron chi connectivity index (χ2n) is 7.12. The van der Waals surface area contributed by atoms with Crippen molar-refractivity contribution in [3.63, 3.8) is 0 Å². The van der Waals surface area contributed by atoms with E-state index < -0.39 is 0 Å². The zero-order valence-corrected chi connectivity index (χ0v) is 18.2. The number of carbonyl (C=O) groups excluding carboxylic acids is 1. The monoisotopic (exact) mass is 429 g/mol. The minimum absolute atomic E-state index is 0.0219. The molecule has 0 spiro atoms. The number of nitrogens with zero attached hydrogens (tertiary/aromatic N) is 5. The summed E-state index contributed by atoms with van der Waals surface area (Å²) in [4.78, 5) is 19.1. The van der Waals surface area contributed by atoms with Crippen LogP contribution in [0.15, 0.2) is 90.3 Å². The first-order chi connectivity index (χ1) is 15.1. The van der Waals surface area contributed by atoms with E-state index >= 15 is 0 Å². The van der Waals surface area contributed by atoms with Crippen LogP contribution in [0.1, 0.15) is 17.2 Å². The Morgan fingerprint density at radius 3 is 2.19 bits per heavy atom. The van der Waals surface area contributed by atoms with Gasteiger partial charge in [0, 0.05) is 32.1 Å². The van der Waals surface area contributed by atoms with Crippen molar-refractivity contribution >= 4 is 17.7 Å². The first-order valence-electron chi connectivity index (χ1n) is 9.93. The molecule has 2 aromatic carbocycles. The fourth-order valence-electron chi connectivity index (χ4n) is 3.47. The van der Waals surface area contributed by atoms with Gasteiger partial charge in [0.25, 0.3) is 0 Å². The van der Waals surface area contributed by atoms with Gasteiger partial charge >= 0.3 is 0 Å². The van der Waals surface area contributed by atoms with Crippen molar-refractivity contribution in [3.8, 4) is 11.4 Å². The standard InChI is InChI=1S/C24H23N5OS/c1-28(22(18-10-5-3-6-11-18)19-12-7-4-8-13-19)21(30)17-31-24-27-26-23(29(24)2)20-14-9-15-25-16-20/h3-16,22H,17H2,1-2H3. The van der Waals surface area contributed by atoms with Crippen LogP contribution in [-0.4, -0.2) is 43.4 Å². The molecule has 0 saturated carbocycles. The molecule has 0 aliphatic carbocycles. The van der Waals surface area contributed by atoms with Gasteiger partial charge in [-0.3, -0.25) is 9.78 Å². The average molecular weight is 430 g/mol. The quantitative estimate of drug-likeness (QED) is 0.412. The predicted molar refractivity (Wildman–Crippen MR) is 122 cm³/mol. The molecule has 7 heteroatoms. The summed E-state index contributed by atoms with van der Waals surface area (Å²) in [6.45, 7) is 0. The second-order valence-corrected chi connectivity index (χ2v) is 8.07. The van der Waals surface area contributed by atoms with E-state index in [4.69, 9.17) is 0 Å². The van der Waals surface area contributed by atoms with E-state index in [1.807, 2.05) is 67.2 Å². The molecule has 0 fully saturated rings. The molecule has 31 heavy (non-hydrogen) atoms. The number of hydrogen-bond donors (Lipinski definition) is 0. The van der Waals surface area contributed by atoms with Crippen molar-refractivity contribution in [1.29, 1.82) is 0 Å². The smallest absolute Gasteiger partial charge is 0.233 e. The van der Waals surface area contributed by atoms with Crippen molar-refractivity contribution in [3.05, 3.63) is 96.3 Å². The summed E-state index contributed by atoms with van der Waals surface area (Å²) in [5.41, 5.74) is 3.04. The molecule has 0 N–H and O–H groups in total. The van der Waals surface area contributed by atoms with Crippen molar-refractivity contribution in [2.45, 2.75) is 11.2 Å². The second kappa shape index (κ2) is 9.57. The summed E-state index contributed by atoms with van der Waals surface area (Å²) in [5.74, 6) is 1.02.